The number of hydrogen-bond donors (Lipinski definition) is 3. The van der Waals surface area contributed by atoms with Crippen molar-refractivity contribution in [2.45, 2.75) is 57.6 Å². The maximum atomic E-state index is 14.3. The predicted molar refractivity (Wildman–Crippen MR) is 146 cm³/mol. The van der Waals surface area contributed by atoms with Gasteiger partial charge in [-0.2, -0.15) is 5.10 Å². The number of aromatic nitrogens is 2. The molecule has 3 aliphatic heterocycles. The van der Waals surface area contributed by atoms with Gasteiger partial charge in [-0.3, -0.25) is 10.1 Å². The van der Waals surface area contributed by atoms with Gasteiger partial charge in [0, 0.05) is 80.5 Å². The summed E-state index contributed by atoms with van der Waals surface area (Å²) >= 11 is 0. The van der Waals surface area contributed by atoms with Gasteiger partial charge in [0.15, 0.2) is 0 Å². The van der Waals surface area contributed by atoms with Crippen LogP contribution in [-0.4, -0.2) is 72.0 Å². The second-order valence-corrected chi connectivity index (χ2v) is 10.6. The molecule has 2 aromatic rings. The summed E-state index contributed by atoms with van der Waals surface area (Å²) in [5, 5.41) is 19.8. The molecular weight excluding hydrogens is 504 g/mol. The number of ether oxygens (including phenoxy) is 1. The number of carbonyl (C=O) groups excluding carboxylic acids is 1. The minimum absolute atomic E-state index is 0.0689. The second-order valence-electron chi connectivity index (χ2n) is 10.6. The first-order valence-corrected chi connectivity index (χ1v) is 13.6. The lowest BCUT2D eigenvalue weighted by atomic mass is 9.92. The Kier molecular flexibility index (Phi) is 7.88. The van der Waals surface area contributed by atoms with Crippen LogP contribution in [0.4, 0.5) is 19.3 Å². The summed E-state index contributed by atoms with van der Waals surface area (Å²) in [6, 6.07) is 3.41. The number of nitrogens with zero attached hydrogens (tertiary/aromatic N) is 4. The summed E-state index contributed by atoms with van der Waals surface area (Å²) in [4.78, 5) is 16.1. The molecule has 1 fully saturated rings. The van der Waals surface area contributed by atoms with E-state index in [1.54, 1.807) is 42.1 Å². The van der Waals surface area contributed by atoms with Gasteiger partial charge in [0.05, 0.1) is 18.8 Å². The highest BCUT2D eigenvalue weighted by Gasteiger charge is 2.32. The number of aryl methyl sites for hydroxylation is 2. The van der Waals surface area contributed by atoms with Crippen molar-refractivity contribution in [3.05, 3.63) is 46.9 Å². The number of alkyl halides is 2. The van der Waals surface area contributed by atoms with Gasteiger partial charge in [0.25, 0.3) is 6.43 Å². The SMILES string of the molecule is CNC(=O)N1CCC(N[C@H]2CCO[C@@H](C)C2)=C(C(=N)N2CCCc3cc(-c4cnn(C)c4)c(C(F)F)cc32)C1. The Hall–Kier alpha value is -3.47. The lowest BCUT2D eigenvalue weighted by molar-refractivity contribution is 0.0148. The number of nitrogens with one attached hydrogen (secondary N) is 3. The predicted octanol–water partition coefficient (Wildman–Crippen LogP) is 4.21. The van der Waals surface area contributed by atoms with Crippen LogP contribution in [0.15, 0.2) is 35.8 Å². The maximum absolute atomic E-state index is 14.3. The van der Waals surface area contributed by atoms with Crippen molar-refractivity contribution < 1.29 is 18.3 Å². The van der Waals surface area contributed by atoms with Gasteiger partial charge in [-0.25, -0.2) is 13.6 Å². The Labute approximate surface area is 227 Å². The van der Waals surface area contributed by atoms with Crippen molar-refractivity contribution in [2.75, 3.05) is 38.2 Å². The van der Waals surface area contributed by atoms with Crippen molar-refractivity contribution in [2.24, 2.45) is 7.05 Å². The molecule has 0 bridgehead atoms. The number of benzene rings is 1. The Morgan fingerprint density at radius 3 is 2.77 bits per heavy atom. The van der Waals surface area contributed by atoms with Crippen LogP contribution < -0.4 is 15.5 Å². The van der Waals surface area contributed by atoms with E-state index in [1.165, 1.54) is 0 Å². The molecule has 0 spiro atoms. The fourth-order valence-corrected chi connectivity index (χ4v) is 5.88. The van der Waals surface area contributed by atoms with Crippen molar-refractivity contribution in [3.8, 4) is 11.1 Å². The molecule has 1 saturated heterocycles. The summed E-state index contributed by atoms with van der Waals surface area (Å²) in [5.74, 6) is 0.251. The summed E-state index contributed by atoms with van der Waals surface area (Å²) in [7, 11) is 3.36. The van der Waals surface area contributed by atoms with E-state index in [4.69, 9.17) is 4.74 Å². The molecule has 210 valence electrons. The molecule has 3 aliphatic rings. The minimum Gasteiger partial charge on any atom is -0.385 e. The number of hydrogen-bond acceptors (Lipinski definition) is 5. The first-order chi connectivity index (χ1) is 18.7. The fourth-order valence-electron chi connectivity index (χ4n) is 5.88. The molecule has 0 aliphatic carbocycles. The molecule has 5 rings (SSSR count). The fraction of sp³-hybridized carbons (Fsp3) is 0.536. The van der Waals surface area contributed by atoms with Gasteiger partial charge in [-0.05, 0) is 55.9 Å². The van der Waals surface area contributed by atoms with E-state index in [9.17, 15) is 19.0 Å². The summed E-state index contributed by atoms with van der Waals surface area (Å²) < 4.78 is 36.0. The molecule has 9 nitrogen and oxygen atoms in total. The number of carbonyl (C=O) groups is 1. The molecule has 0 saturated carbocycles. The highest BCUT2D eigenvalue weighted by Crippen LogP contribution is 2.39. The van der Waals surface area contributed by atoms with E-state index in [-0.39, 0.29) is 36.1 Å². The molecule has 1 aromatic heterocycles. The molecule has 2 amide bonds. The Morgan fingerprint density at radius 2 is 2.08 bits per heavy atom. The molecule has 4 heterocycles. The summed E-state index contributed by atoms with van der Waals surface area (Å²) in [6.07, 6.45) is 4.69. The first kappa shape index (κ1) is 27.1. The topological polar surface area (TPSA) is 98.5 Å². The van der Waals surface area contributed by atoms with Crippen LogP contribution in [0.3, 0.4) is 0 Å². The molecule has 39 heavy (non-hydrogen) atoms. The number of amidine groups is 1. The van der Waals surface area contributed by atoms with Crippen LogP contribution in [0.25, 0.3) is 11.1 Å². The number of amides is 2. The van der Waals surface area contributed by atoms with Crippen LogP contribution in [0.5, 0.6) is 0 Å². The number of anilines is 1. The van der Waals surface area contributed by atoms with Gasteiger partial charge in [0.2, 0.25) is 0 Å². The first-order valence-electron chi connectivity index (χ1n) is 13.6. The highest BCUT2D eigenvalue weighted by atomic mass is 19.3. The standard InChI is InChI=1S/C28H37F2N7O2/c1-17-11-20(7-10-39-17)34-24-6-9-36(28(38)32-2)16-23(24)27(31)37-8-4-5-18-12-21(19-14-33-35(3)15-19)22(26(29)30)13-25(18)37/h12-15,17,20,26,31,34H,4-11,16H2,1-3H3,(H,32,38)/t17-,20-/m0/s1. The van der Waals surface area contributed by atoms with Crippen molar-refractivity contribution in [3.63, 3.8) is 0 Å². The molecule has 0 unspecified atom stereocenters. The smallest absolute Gasteiger partial charge is 0.317 e. The van der Waals surface area contributed by atoms with Gasteiger partial charge in [0.1, 0.15) is 5.84 Å². The highest BCUT2D eigenvalue weighted by molar-refractivity contribution is 6.09. The Morgan fingerprint density at radius 1 is 1.26 bits per heavy atom. The van der Waals surface area contributed by atoms with Gasteiger partial charge in [-0.1, -0.05) is 0 Å². The zero-order valence-corrected chi connectivity index (χ0v) is 22.8. The molecule has 2 atom stereocenters. The van der Waals surface area contributed by atoms with E-state index in [0.29, 0.717) is 42.9 Å². The van der Waals surface area contributed by atoms with Crippen LogP contribution in [0.1, 0.15) is 50.2 Å². The average molecular weight is 542 g/mol. The third kappa shape index (κ3) is 5.63. The molecule has 11 heteroatoms. The number of rotatable bonds is 5. The molecule has 0 radical (unpaired) electrons. The van der Waals surface area contributed by atoms with E-state index in [1.807, 2.05) is 11.0 Å². The Balaban J connectivity index is 1.51. The number of fused-ring (bicyclic) bond motifs is 1. The van der Waals surface area contributed by atoms with Gasteiger partial charge >= 0.3 is 6.03 Å². The monoisotopic (exact) mass is 541 g/mol. The van der Waals surface area contributed by atoms with Crippen LogP contribution in [0.2, 0.25) is 0 Å². The van der Waals surface area contributed by atoms with Crippen molar-refractivity contribution >= 4 is 17.6 Å². The van der Waals surface area contributed by atoms with E-state index in [0.717, 1.165) is 42.5 Å². The lowest BCUT2D eigenvalue weighted by Gasteiger charge is -2.38. The van der Waals surface area contributed by atoms with E-state index < -0.39 is 6.43 Å². The largest absolute Gasteiger partial charge is 0.385 e. The summed E-state index contributed by atoms with van der Waals surface area (Å²) in [6.45, 7) is 4.10. The Bertz CT molecular complexity index is 1270. The maximum Gasteiger partial charge on any atom is 0.317 e. The molecule has 1 aromatic carbocycles. The van der Waals surface area contributed by atoms with Crippen LogP contribution in [-0.2, 0) is 18.2 Å². The number of urea groups is 1. The van der Waals surface area contributed by atoms with Crippen LogP contribution >= 0.6 is 0 Å². The van der Waals surface area contributed by atoms with Crippen LogP contribution in [0, 0.1) is 5.41 Å². The zero-order valence-electron chi connectivity index (χ0n) is 22.8. The van der Waals surface area contributed by atoms with Crippen molar-refractivity contribution in [1.82, 2.24) is 25.3 Å². The summed E-state index contributed by atoms with van der Waals surface area (Å²) in [5.41, 5.74) is 4.30. The second kappa shape index (κ2) is 11.3. The average Bonchev–Trinajstić information content (AvgIpc) is 3.37. The molecule has 3 N–H and O–H groups in total. The third-order valence-corrected chi connectivity index (χ3v) is 7.89. The normalized spacial score (nSPS) is 21.7. The van der Waals surface area contributed by atoms with E-state index in [2.05, 4.69) is 22.7 Å². The third-order valence-electron chi connectivity index (χ3n) is 7.89. The number of halogens is 2. The van der Waals surface area contributed by atoms with Gasteiger partial charge in [-0.15, -0.1) is 0 Å². The lowest BCUT2D eigenvalue weighted by Crippen LogP contribution is -2.49. The quantitative estimate of drug-likeness (QED) is 0.389. The van der Waals surface area contributed by atoms with Gasteiger partial charge < -0.3 is 25.2 Å². The minimum atomic E-state index is -2.67. The zero-order chi connectivity index (χ0) is 27.7. The van der Waals surface area contributed by atoms with Crippen molar-refractivity contribution in [1.29, 1.82) is 5.41 Å². The molecular formula is C28H37F2N7O2. The van der Waals surface area contributed by atoms with E-state index >= 15 is 0 Å².